The predicted molar refractivity (Wildman–Crippen MR) is 111 cm³/mol. The quantitative estimate of drug-likeness (QED) is 0.694. The molecule has 2 aliphatic heterocycles. The molecule has 0 N–H and O–H groups in total. The number of rotatable bonds is 1. The SMILES string of the molecule is CC(C)(C)OC(=O)N1CCC[C@@H](C(=O)N2CCc3nc4ccc(F)cn4c(=O)c3C2)C1. The van der Waals surface area contributed by atoms with E-state index < -0.39 is 17.5 Å². The standard InChI is InChI=1S/C22H27FN4O4/c1-22(2,3)31-21(30)26-9-4-5-14(11-26)19(28)25-10-8-17-16(13-25)20(29)27-12-15(23)6-7-18(27)24-17/h6-7,12,14H,4-5,8-11,13H2,1-3H3/t14-/m1/s1. The van der Waals surface area contributed by atoms with Gasteiger partial charge in [-0.05, 0) is 45.7 Å². The van der Waals surface area contributed by atoms with E-state index in [4.69, 9.17) is 4.74 Å². The maximum Gasteiger partial charge on any atom is 0.410 e. The number of likely N-dealkylation sites (tertiary alicyclic amines) is 1. The molecule has 166 valence electrons. The molecule has 0 aromatic carbocycles. The molecule has 8 nitrogen and oxygen atoms in total. The summed E-state index contributed by atoms with van der Waals surface area (Å²) in [5.74, 6) is -0.941. The first-order valence-electron chi connectivity index (χ1n) is 10.6. The molecule has 0 aliphatic carbocycles. The molecule has 0 bridgehead atoms. The number of aromatic nitrogens is 2. The second kappa shape index (κ2) is 7.94. The number of halogens is 1. The number of amides is 2. The summed E-state index contributed by atoms with van der Waals surface area (Å²) in [7, 11) is 0. The Kier molecular flexibility index (Phi) is 5.45. The van der Waals surface area contributed by atoms with Crippen molar-refractivity contribution in [3.63, 3.8) is 0 Å². The molecule has 0 unspecified atom stereocenters. The minimum atomic E-state index is -0.595. The number of piperidine rings is 1. The van der Waals surface area contributed by atoms with Crippen molar-refractivity contribution in [1.82, 2.24) is 19.2 Å². The van der Waals surface area contributed by atoms with Crippen LogP contribution in [-0.2, 0) is 22.5 Å². The van der Waals surface area contributed by atoms with Gasteiger partial charge in [0, 0.05) is 32.3 Å². The Morgan fingerprint density at radius 2 is 1.97 bits per heavy atom. The minimum absolute atomic E-state index is 0.0809. The minimum Gasteiger partial charge on any atom is -0.444 e. The lowest BCUT2D eigenvalue weighted by atomic mass is 9.95. The highest BCUT2D eigenvalue weighted by atomic mass is 19.1. The molecular weight excluding hydrogens is 403 g/mol. The van der Waals surface area contributed by atoms with Crippen molar-refractivity contribution in [3.05, 3.63) is 45.8 Å². The average molecular weight is 430 g/mol. The van der Waals surface area contributed by atoms with Crippen molar-refractivity contribution in [3.8, 4) is 0 Å². The van der Waals surface area contributed by atoms with Crippen LogP contribution >= 0.6 is 0 Å². The van der Waals surface area contributed by atoms with E-state index in [1.807, 2.05) is 20.8 Å². The van der Waals surface area contributed by atoms with Crippen molar-refractivity contribution in [2.24, 2.45) is 5.92 Å². The lowest BCUT2D eigenvalue weighted by Gasteiger charge is -2.36. The Labute approximate surface area is 179 Å². The first-order valence-corrected chi connectivity index (χ1v) is 10.6. The van der Waals surface area contributed by atoms with E-state index in [1.165, 1.54) is 16.5 Å². The van der Waals surface area contributed by atoms with Crippen LogP contribution in [0, 0.1) is 11.7 Å². The van der Waals surface area contributed by atoms with Crippen molar-refractivity contribution in [2.75, 3.05) is 19.6 Å². The molecule has 9 heteroatoms. The van der Waals surface area contributed by atoms with Crippen LogP contribution in [0.4, 0.5) is 9.18 Å². The van der Waals surface area contributed by atoms with Gasteiger partial charge in [-0.2, -0.15) is 0 Å². The molecule has 0 saturated carbocycles. The molecule has 2 aliphatic rings. The van der Waals surface area contributed by atoms with E-state index in [9.17, 15) is 18.8 Å². The van der Waals surface area contributed by atoms with Crippen LogP contribution < -0.4 is 5.56 Å². The van der Waals surface area contributed by atoms with Crippen LogP contribution in [0.3, 0.4) is 0 Å². The summed E-state index contributed by atoms with van der Waals surface area (Å²) in [5.41, 5.74) is 0.519. The number of pyridine rings is 1. The number of hydrogen-bond acceptors (Lipinski definition) is 5. The van der Waals surface area contributed by atoms with Crippen LogP contribution in [0.1, 0.15) is 44.9 Å². The Morgan fingerprint density at radius 3 is 2.71 bits per heavy atom. The van der Waals surface area contributed by atoms with E-state index >= 15 is 0 Å². The Hall–Kier alpha value is -2.97. The molecule has 4 heterocycles. The second-order valence-electron chi connectivity index (χ2n) is 9.19. The van der Waals surface area contributed by atoms with E-state index in [0.29, 0.717) is 55.8 Å². The fourth-order valence-electron chi connectivity index (χ4n) is 4.19. The van der Waals surface area contributed by atoms with E-state index in [-0.39, 0.29) is 23.9 Å². The average Bonchev–Trinajstić information content (AvgIpc) is 2.73. The molecule has 4 rings (SSSR count). The Bertz CT molecular complexity index is 1090. The van der Waals surface area contributed by atoms with Gasteiger partial charge in [0.15, 0.2) is 0 Å². The predicted octanol–water partition coefficient (Wildman–Crippen LogP) is 2.37. The molecule has 2 aromatic rings. The van der Waals surface area contributed by atoms with Crippen molar-refractivity contribution in [2.45, 2.75) is 52.2 Å². The molecule has 2 amide bonds. The number of ether oxygens (including phenoxy) is 1. The first kappa shape index (κ1) is 21.3. The third-order valence-corrected chi connectivity index (χ3v) is 5.67. The summed E-state index contributed by atoms with van der Waals surface area (Å²) in [6, 6.07) is 2.74. The lowest BCUT2D eigenvalue weighted by Crippen LogP contribution is -2.49. The second-order valence-corrected chi connectivity index (χ2v) is 9.19. The highest BCUT2D eigenvalue weighted by Gasteiger charge is 2.35. The normalized spacial score (nSPS) is 19.3. The summed E-state index contributed by atoms with van der Waals surface area (Å²) < 4.78 is 20.2. The first-order chi connectivity index (χ1) is 14.6. The molecule has 31 heavy (non-hydrogen) atoms. The topological polar surface area (TPSA) is 84.2 Å². The fourth-order valence-corrected chi connectivity index (χ4v) is 4.19. The van der Waals surface area contributed by atoms with Crippen LogP contribution in [0.25, 0.3) is 5.65 Å². The van der Waals surface area contributed by atoms with Crippen LogP contribution in [0.2, 0.25) is 0 Å². The summed E-state index contributed by atoms with van der Waals surface area (Å²) in [6.07, 6.45) is 2.57. The zero-order valence-electron chi connectivity index (χ0n) is 18.1. The largest absolute Gasteiger partial charge is 0.444 e. The van der Waals surface area contributed by atoms with Crippen molar-refractivity contribution >= 4 is 17.6 Å². The number of carbonyl (C=O) groups excluding carboxylic acids is 2. The van der Waals surface area contributed by atoms with E-state index in [1.54, 1.807) is 9.80 Å². The van der Waals surface area contributed by atoms with Gasteiger partial charge >= 0.3 is 6.09 Å². The van der Waals surface area contributed by atoms with E-state index in [2.05, 4.69) is 4.98 Å². The zero-order valence-corrected chi connectivity index (χ0v) is 18.1. The van der Waals surface area contributed by atoms with Gasteiger partial charge in [0.05, 0.1) is 23.7 Å². The lowest BCUT2D eigenvalue weighted by molar-refractivity contribution is -0.138. The van der Waals surface area contributed by atoms with Crippen molar-refractivity contribution < 1.29 is 18.7 Å². The Morgan fingerprint density at radius 1 is 1.19 bits per heavy atom. The Balaban J connectivity index is 1.51. The monoisotopic (exact) mass is 430 g/mol. The molecule has 0 spiro atoms. The van der Waals surface area contributed by atoms with Gasteiger partial charge in [-0.15, -0.1) is 0 Å². The van der Waals surface area contributed by atoms with Gasteiger partial charge in [0.25, 0.3) is 5.56 Å². The molecule has 1 atom stereocenters. The highest BCUT2D eigenvalue weighted by molar-refractivity contribution is 5.80. The molecule has 0 radical (unpaired) electrons. The molecule has 1 fully saturated rings. The summed E-state index contributed by atoms with van der Waals surface area (Å²) in [5, 5.41) is 0. The highest BCUT2D eigenvalue weighted by Crippen LogP contribution is 2.24. The van der Waals surface area contributed by atoms with Gasteiger partial charge in [-0.1, -0.05) is 0 Å². The smallest absolute Gasteiger partial charge is 0.410 e. The fraction of sp³-hybridized carbons (Fsp3) is 0.545. The molecule has 2 aromatic heterocycles. The van der Waals surface area contributed by atoms with E-state index in [0.717, 1.165) is 6.20 Å². The van der Waals surface area contributed by atoms with Gasteiger partial charge in [-0.3, -0.25) is 14.0 Å². The number of hydrogen-bond donors (Lipinski definition) is 0. The summed E-state index contributed by atoms with van der Waals surface area (Å²) in [6.45, 7) is 6.89. The molecular formula is C22H27FN4O4. The molecule has 1 saturated heterocycles. The maximum absolute atomic E-state index is 13.6. The third kappa shape index (κ3) is 4.40. The number of carbonyl (C=O) groups is 2. The van der Waals surface area contributed by atoms with Gasteiger partial charge in [0.1, 0.15) is 17.1 Å². The third-order valence-electron chi connectivity index (χ3n) is 5.67. The van der Waals surface area contributed by atoms with Crippen molar-refractivity contribution in [1.29, 1.82) is 0 Å². The van der Waals surface area contributed by atoms with Crippen LogP contribution in [0.15, 0.2) is 23.1 Å². The number of fused-ring (bicyclic) bond motifs is 2. The number of nitrogens with zero attached hydrogens (tertiary/aromatic N) is 4. The van der Waals surface area contributed by atoms with Gasteiger partial charge in [-0.25, -0.2) is 14.2 Å². The summed E-state index contributed by atoms with van der Waals surface area (Å²) >= 11 is 0. The van der Waals surface area contributed by atoms with Gasteiger partial charge in [0.2, 0.25) is 5.91 Å². The van der Waals surface area contributed by atoms with Crippen LogP contribution in [0.5, 0.6) is 0 Å². The van der Waals surface area contributed by atoms with Gasteiger partial charge < -0.3 is 14.5 Å². The van der Waals surface area contributed by atoms with Crippen LogP contribution in [-0.4, -0.2) is 56.4 Å². The maximum atomic E-state index is 13.6. The zero-order chi connectivity index (χ0) is 22.3. The summed E-state index contributed by atoms with van der Waals surface area (Å²) in [4.78, 5) is 46.2.